The molecule has 1 aliphatic heterocycles. The largest absolute Gasteiger partial charge is 0.459 e. The Balaban J connectivity index is 1.64. The first-order chi connectivity index (χ1) is 12.2. The second-order valence-corrected chi connectivity index (χ2v) is 7.18. The fourth-order valence-electron chi connectivity index (χ4n) is 3.78. The molecule has 3 rings (SSSR count). The van der Waals surface area contributed by atoms with E-state index < -0.39 is 5.54 Å². The summed E-state index contributed by atoms with van der Waals surface area (Å²) in [6.07, 6.45) is 7.58. The summed E-state index contributed by atoms with van der Waals surface area (Å²) in [5, 5.41) is 3.05. The van der Waals surface area contributed by atoms with Crippen LogP contribution < -0.4 is 5.32 Å². The number of ether oxygens (including phenoxy) is 1. The van der Waals surface area contributed by atoms with Crippen LogP contribution >= 0.6 is 0 Å². The Kier molecular flexibility index (Phi) is 5.95. The molecule has 2 fully saturated rings. The number of piperidine rings is 1. The Morgan fingerprint density at radius 1 is 0.960 bits per heavy atom. The van der Waals surface area contributed by atoms with E-state index in [1.165, 1.54) is 6.42 Å². The molecule has 1 N–H and O–H groups in total. The molecular formula is C20H28N2O3. The van der Waals surface area contributed by atoms with Gasteiger partial charge in [-0.2, -0.15) is 0 Å². The van der Waals surface area contributed by atoms with Crippen LogP contribution in [-0.2, 0) is 16.1 Å². The van der Waals surface area contributed by atoms with Gasteiger partial charge in [0.25, 0.3) is 0 Å². The minimum Gasteiger partial charge on any atom is -0.459 e. The summed E-state index contributed by atoms with van der Waals surface area (Å²) < 4.78 is 5.59. The Bertz CT molecular complexity index is 576. The number of benzene rings is 1. The van der Waals surface area contributed by atoms with Crippen LogP contribution in [0.25, 0.3) is 0 Å². The Morgan fingerprint density at radius 3 is 2.28 bits per heavy atom. The zero-order valence-electron chi connectivity index (χ0n) is 14.8. The maximum Gasteiger partial charge on any atom is 0.332 e. The van der Waals surface area contributed by atoms with Crippen LogP contribution in [0.3, 0.4) is 0 Å². The van der Waals surface area contributed by atoms with Crippen molar-refractivity contribution in [2.45, 2.75) is 63.5 Å². The summed E-state index contributed by atoms with van der Waals surface area (Å²) in [6.45, 7) is 1.81. The van der Waals surface area contributed by atoms with Crippen molar-refractivity contribution in [3.05, 3.63) is 35.9 Å². The standard InChI is InChI=1S/C20H28N2O3/c23-18(25-16-17-10-4-1-5-11-17)20(12-6-2-7-13-20)21-19(24)22-14-8-3-9-15-22/h1,4-5,10-11H,2-3,6-9,12-16H2,(H,21,24). The molecule has 5 heteroatoms. The lowest BCUT2D eigenvalue weighted by atomic mass is 9.81. The Hall–Kier alpha value is -2.04. The van der Waals surface area contributed by atoms with Crippen LogP contribution in [-0.4, -0.2) is 35.5 Å². The average Bonchev–Trinajstić information content (AvgIpc) is 2.68. The van der Waals surface area contributed by atoms with Crippen LogP contribution in [0.2, 0.25) is 0 Å². The molecule has 136 valence electrons. The summed E-state index contributed by atoms with van der Waals surface area (Å²) in [5.41, 5.74) is 0.103. The lowest BCUT2D eigenvalue weighted by Crippen LogP contribution is -2.59. The monoisotopic (exact) mass is 344 g/mol. The molecular weight excluding hydrogens is 316 g/mol. The molecule has 2 amide bonds. The van der Waals surface area contributed by atoms with Crippen molar-refractivity contribution in [3.8, 4) is 0 Å². The Morgan fingerprint density at radius 2 is 1.60 bits per heavy atom. The minimum absolute atomic E-state index is 0.113. The van der Waals surface area contributed by atoms with Crippen molar-refractivity contribution in [1.29, 1.82) is 0 Å². The van der Waals surface area contributed by atoms with E-state index in [-0.39, 0.29) is 18.6 Å². The van der Waals surface area contributed by atoms with E-state index >= 15 is 0 Å². The summed E-state index contributed by atoms with van der Waals surface area (Å²) in [5.74, 6) is -0.290. The third kappa shape index (κ3) is 4.53. The van der Waals surface area contributed by atoms with Crippen LogP contribution in [0.5, 0.6) is 0 Å². The van der Waals surface area contributed by atoms with Gasteiger partial charge in [0.15, 0.2) is 0 Å². The van der Waals surface area contributed by atoms with Crippen molar-refractivity contribution in [2.24, 2.45) is 0 Å². The number of urea groups is 1. The molecule has 1 saturated carbocycles. The van der Waals surface area contributed by atoms with Crippen molar-refractivity contribution in [3.63, 3.8) is 0 Å². The summed E-state index contributed by atoms with van der Waals surface area (Å²) in [7, 11) is 0. The number of amides is 2. The van der Waals surface area contributed by atoms with Crippen molar-refractivity contribution in [2.75, 3.05) is 13.1 Å². The fraction of sp³-hybridized carbons (Fsp3) is 0.600. The second-order valence-electron chi connectivity index (χ2n) is 7.18. The second kappa shape index (κ2) is 8.37. The van der Waals surface area contributed by atoms with E-state index in [1.54, 1.807) is 0 Å². The first kappa shape index (κ1) is 17.8. The molecule has 25 heavy (non-hydrogen) atoms. The third-order valence-electron chi connectivity index (χ3n) is 5.30. The molecule has 5 nitrogen and oxygen atoms in total. The molecule has 1 heterocycles. The number of likely N-dealkylation sites (tertiary alicyclic amines) is 1. The molecule has 1 aliphatic carbocycles. The first-order valence-electron chi connectivity index (χ1n) is 9.48. The molecule has 0 aromatic heterocycles. The van der Waals surface area contributed by atoms with Crippen LogP contribution in [0.1, 0.15) is 56.9 Å². The van der Waals surface area contributed by atoms with Gasteiger partial charge < -0.3 is 15.0 Å². The number of nitrogens with one attached hydrogen (secondary N) is 1. The fourth-order valence-corrected chi connectivity index (χ4v) is 3.78. The van der Waals surface area contributed by atoms with Crippen molar-refractivity contribution >= 4 is 12.0 Å². The molecule has 0 radical (unpaired) electrons. The first-order valence-corrected chi connectivity index (χ1v) is 9.48. The van der Waals surface area contributed by atoms with E-state index in [0.717, 1.165) is 50.8 Å². The highest BCUT2D eigenvalue weighted by Crippen LogP contribution is 2.30. The number of nitrogens with zero attached hydrogens (tertiary/aromatic N) is 1. The van der Waals surface area contributed by atoms with Gasteiger partial charge in [0, 0.05) is 13.1 Å². The molecule has 0 bridgehead atoms. The number of hydrogen-bond donors (Lipinski definition) is 1. The smallest absolute Gasteiger partial charge is 0.332 e. The number of hydrogen-bond acceptors (Lipinski definition) is 3. The van der Waals surface area contributed by atoms with Gasteiger partial charge in [-0.25, -0.2) is 9.59 Å². The third-order valence-corrected chi connectivity index (χ3v) is 5.30. The topological polar surface area (TPSA) is 58.6 Å². The molecule has 0 spiro atoms. The van der Waals surface area contributed by atoms with Crippen LogP contribution in [0.4, 0.5) is 4.79 Å². The van der Waals surface area contributed by atoms with Crippen LogP contribution in [0.15, 0.2) is 30.3 Å². The van der Waals surface area contributed by atoms with Gasteiger partial charge in [-0.3, -0.25) is 0 Å². The quantitative estimate of drug-likeness (QED) is 0.849. The number of esters is 1. The molecule has 1 aromatic carbocycles. The number of carbonyl (C=O) groups is 2. The zero-order chi connectivity index (χ0) is 17.5. The van der Waals surface area contributed by atoms with E-state index in [4.69, 9.17) is 4.74 Å². The predicted molar refractivity (Wildman–Crippen MR) is 96.0 cm³/mol. The van der Waals surface area contributed by atoms with Crippen molar-refractivity contribution in [1.82, 2.24) is 10.2 Å². The summed E-state index contributed by atoms with van der Waals surface area (Å²) in [6, 6.07) is 9.56. The maximum absolute atomic E-state index is 12.9. The Labute approximate surface area is 149 Å². The van der Waals surface area contributed by atoms with Gasteiger partial charge in [-0.05, 0) is 37.7 Å². The average molecular weight is 344 g/mol. The minimum atomic E-state index is -0.860. The predicted octanol–water partition coefficient (Wildman–Crippen LogP) is 3.63. The number of rotatable bonds is 4. The van der Waals surface area contributed by atoms with Gasteiger partial charge in [0.05, 0.1) is 0 Å². The van der Waals surface area contributed by atoms with Crippen molar-refractivity contribution < 1.29 is 14.3 Å². The maximum atomic E-state index is 12.9. The summed E-state index contributed by atoms with van der Waals surface area (Å²) in [4.78, 5) is 27.4. The SMILES string of the molecule is O=C(NC1(C(=O)OCc2ccccc2)CCCCC1)N1CCCCC1. The van der Waals surface area contributed by atoms with E-state index in [9.17, 15) is 9.59 Å². The van der Waals surface area contributed by atoms with Gasteiger partial charge in [0.2, 0.25) is 0 Å². The normalized spacial score (nSPS) is 19.9. The van der Waals surface area contributed by atoms with Gasteiger partial charge in [-0.1, -0.05) is 49.6 Å². The molecule has 0 atom stereocenters. The van der Waals surface area contributed by atoms with Gasteiger partial charge >= 0.3 is 12.0 Å². The summed E-state index contributed by atoms with van der Waals surface area (Å²) >= 11 is 0. The van der Waals surface area contributed by atoms with Gasteiger partial charge in [-0.15, -0.1) is 0 Å². The molecule has 2 aliphatic rings. The highest BCUT2D eigenvalue weighted by Gasteiger charge is 2.43. The number of carbonyl (C=O) groups excluding carboxylic acids is 2. The zero-order valence-corrected chi connectivity index (χ0v) is 14.8. The lowest BCUT2D eigenvalue weighted by molar-refractivity contribution is -0.154. The van der Waals surface area contributed by atoms with Gasteiger partial charge in [0.1, 0.15) is 12.1 Å². The van der Waals surface area contributed by atoms with E-state index in [1.807, 2.05) is 35.2 Å². The highest BCUT2D eigenvalue weighted by molar-refractivity contribution is 5.87. The molecule has 0 unspecified atom stereocenters. The van der Waals surface area contributed by atoms with Crippen LogP contribution in [0, 0.1) is 0 Å². The molecule has 1 saturated heterocycles. The van der Waals surface area contributed by atoms with E-state index in [2.05, 4.69) is 5.32 Å². The van der Waals surface area contributed by atoms with E-state index in [0.29, 0.717) is 12.8 Å². The lowest BCUT2D eigenvalue weighted by Gasteiger charge is -2.38. The highest BCUT2D eigenvalue weighted by atomic mass is 16.5. The molecule has 1 aromatic rings.